The van der Waals surface area contributed by atoms with Gasteiger partial charge in [-0.3, -0.25) is 0 Å². The SMILES string of the molecule is CCCCCn1ccc2c1CC(C)(C)CC2N. The van der Waals surface area contributed by atoms with Gasteiger partial charge in [0, 0.05) is 24.5 Å². The Kier molecular flexibility index (Phi) is 3.62. The largest absolute Gasteiger partial charge is 0.351 e. The first-order chi connectivity index (χ1) is 8.03. The molecule has 0 saturated heterocycles. The lowest BCUT2D eigenvalue weighted by atomic mass is 9.74. The molecule has 0 aliphatic heterocycles. The molecule has 1 unspecified atom stereocenters. The molecule has 1 aromatic rings. The van der Waals surface area contributed by atoms with E-state index in [-0.39, 0.29) is 6.04 Å². The zero-order valence-corrected chi connectivity index (χ0v) is 11.5. The third kappa shape index (κ3) is 2.74. The van der Waals surface area contributed by atoms with E-state index in [1.807, 2.05) is 0 Å². The van der Waals surface area contributed by atoms with Crippen molar-refractivity contribution in [2.24, 2.45) is 11.1 Å². The van der Waals surface area contributed by atoms with Crippen molar-refractivity contribution in [1.29, 1.82) is 0 Å². The van der Waals surface area contributed by atoms with E-state index in [1.165, 1.54) is 36.9 Å². The van der Waals surface area contributed by atoms with Crippen LogP contribution in [0.1, 0.15) is 63.8 Å². The summed E-state index contributed by atoms with van der Waals surface area (Å²) in [5.74, 6) is 0. The van der Waals surface area contributed by atoms with Crippen LogP contribution in [-0.4, -0.2) is 4.57 Å². The van der Waals surface area contributed by atoms with E-state index in [0.29, 0.717) is 5.41 Å². The molecule has 2 heteroatoms. The quantitative estimate of drug-likeness (QED) is 0.792. The van der Waals surface area contributed by atoms with Gasteiger partial charge < -0.3 is 10.3 Å². The predicted octanol–water partition coefficient (Wildman–Crippen LogP) is 3.65. The minimum absolute atomic E-state index is 0.237. The summed E-state index contributed by atoms with van der Waals surface area (Å²) in [6.07, 6.45) is 8.42. The zero-order chi connectivity index (χ0) is 12.5. The van der Waals surface area contributed by atoms with Crippen molar-refractivity contribution in [2.75, 3.05) is 0 Å². The van der Waals surface area contributed by atoms with E-state index >= 15 is 0 Å². The van der Waals surface area contributed by atoms with Crippen LogP contribution in [-0.2, 0) is 13.0 Å². The molecule has 0 aromatic carbocycles. The first kappa shape index (κ1) is 12.7. The Labute approximate surface area is 105 Å². The molecule has 96 valence electrons. The third-order valence-corrected chi connectivity index (χ3v) is 3.93. The Balaban J connectivity index is 2.16. The van der Waals surface area contributed by atoms with Gasteiger partial charge in [-0.25, -0.2) is 0 Å². The molecule has 0 spiro atoms. The summed E-state index contributed by atoms with van der Waals surface area (Å²) in [7, 11) is 0. The fourth-order valence-corrected chi connectivity index (χ4v) is 3.04. The van der Waals surface area contributed by atoms with Crippen molar-refractivity contribution in [3.63, 3.8) is 0 Å². The van der Waals surface area contributed by atoms with Crippen molar-refractivity contribution in [3.8, 4) is 0 Å². The summed E-state index contributed by atoms with van der Waals surface area (Å²) in [5, 5.41) is 0. The van der Waals surface area contributed by atoms with E-state index in [1.54, 1.807) is 0 Å². The van der Waals surface area contributed by atoms with Gasteiger partial charge in [0.15, 0.2) is 0 Å². The highest BCUT2D eigenvalue weighted by Gasteiger charge is 2.32. The Bertz CT molecular complexity index is 376. The molecule has 1 aliphatic carbocycles. The van der Waals surface area contributed by atoms with Gasteiger partial charge in [-0.15, -0.1) is 0 Å². The molecular weight excluding hydrogens is 208 g/mol. The van der Waals surface area contributed by atoms with Crippen LogP contribution in [0.5, 0.6) is 0 Å². The maximum atomic E-state index is 6.28. The fourth-order valence-electron chi connectivity index (χ4n) is 3.04. The van der Waals surface area contributed by atoms with Crippen LogP contribution in [0.4, 0.5) is 0 Å². The van der Waals surface area contributed by atoms with Gasteiger partial charge in [0.1, 0.15) is 0 Å². The van der Waals surface area contributed by atoms with Crippen LogP contribution in [0.15, 0.2) is 12.3 Å². The number of nitrogens with two attached hydrogens (primary N) is 1. The summed E-state index contributed by atoms with van der Waals surface area (Å²) < 4.78 is 2.44. The zero-order valence-electron chi connectivity index (χ0n) is 11.5. The predicted molar refractivity (Wildman–Crippen MR) is 73.0 cm³/mol. The molecular formula is C15H26N2. The van der Waals surface area contributed by atoms with E-state index in [2.05, 4.69) is 37.6 Å². The molecule has 0 bridgehead atoms. The highest BCUT2D eigenvalue weighted by atomic mass is 15.0. The molecule has 1 heterocycles. The summed E-state index contributed by atoms with van der Waals surface area (Å²) >= 11 is 0. The topological polar surface area (TPSA) is 30.9 Å². The Hall–Kier alpha value is -0.760. The van der Waals surface area contributed by atoms with Crippen LogP contribution < -0.4 is 5.73 Å². The van der Waals surface area contributed by atoms with Crippen molar-refractivity contribution in [1.82, 2.24) is 4.57 Å². The molecule has 1 atom stereocenters. The minimum Gasteiger partial charge on any atom is -0.351 e. The maximum absolute atomic E-state index is 6.28. The summed E-state index contributed by atoms with van der Waals surface area (Å²) in [6.45, 7) is 8.08. The first-order valence-corrected chi connectivity index (χ1v) is 6.97. The molecule has 2 nitrogen and oxygen atoms in total. The molecule has 17 heavy (non-hydrogen) atoms. The normalized spacial score (nSPS) is 22.5. The average molecular weight is 234 g/mol. The second-order valence-corrected chi connectivity index (χ2v) is 6.27. The molecule has 2 rings (SSSR count). The molecule has 0 amide bonds. The Morgan fingerprint density at radius 3 is 2.88 bits per heavy atom. The van der Waals surface area contributed by atoms with Crippen molar-refractivity contribution in [2.45, 2.75) is 65.5 Å². The van der Waals surface area contributed by atoms with Crippen molar-refractivity contribution in [3.05, 3.63) is 23.5 Å². The number of fused-ring (bicyclic) bond motifs is 1. The average Bonchev–Trinajstić information content (AvgIpc) is 2.60. The second-order valence-electron chi connectivity index (χ2n) is 6.27. The summed E-state index contributed by atoms with van der Waals surface area (Å²) in [6, 6.07) is 2.47. The number of nitrogens with zero attached hydrogens (tertiary/aromatic N) is 1. The summed E-state index contributed by atoms with van der Waals surface area (Å²) in [5.41, 5.74) is 9.51. The van der Waals surface area contributed by atoms with Gasteiger partial charge in [-0.2, -0.15) is 0 Å². The monoisotopic (exact) mass is 234 g/mol. The lowest BCUT2D eigenvalue weighted by Crippen LogP contribution is -2.30. The van der Waals surface area contributed by atoms with Crippen molar-refractivity contribution >= 4 is 0 Å². The lowest BCUT2D eigenvalue weighted by molar-refractivity contribution is 0.274. The molecule has 2 N–H and O–H groups in total. The van der Waals surface area contributed by atoms with E-state index in [4.69, 9.17) is 5.73 Å². The number of aromatic nitrogens is 1. The van der Waals surface area contributed by atoms with Gasteiger partial charge >= 0.3 is 0 Å². The second kappa shape index (κ2) is 4.85. The van der Waals surface area contributed by atoms with Gasteiger partial charge in [0.05, 0.1) is 0 Å². The molecule has 0 fully saturated rings. The highest BCUT2D eigenvalue weighted by Crippen LogP contribution is 2.39. The Morgan fingerprint density at radius 1 is 1.41 bits per heavy atom. The van der Waals surface area contributed by atoms with Crippen LogP contribution in [0, 0.1) is 5.41 Å². The minimum atomic E-state index is 0.237. The first-order valence-electron chi connectivity index (χ1n) is 6.97. The number of hydrogen-bond acceptors (Lipinski definition) is 1. The molecule has 0 saturated carbocycles. The molecule has 1 aliphatic rings. The van der Waals surface area contributed by atoms with Crippen LogP contribution in [0.2, 0.25) is 0 Å². The van der Waals surface area contributed by atoms with Gasteiger partial charge in [0.25, 0.3) is 0 Å². The summed E-state index contributed by atoms with van der Waals surface area (Å²) in [4.78, 5) is 0. The van der Waals surface area contributed by atoms with E-state index < -0.39 is 0 Å². The maximum Gasteiger partial charge on any atom is 0.0318 e. The van der Waals surface area contributed by atoms with E-state index in [9.17, 15) is 0 Å². The highest BCUT2D eigenvalue weighted by molar-refractivity contribution is 5.30. The van der Waals surface area contributed by atoms with E-state index in [0.717, 1.165) is 13.0 Å². The number of aryl methyl sites for hydroxylation is 1. The standard InChI is InChI=1S/C15H26N2/c1-4-5-6-8-17-9-7-12-13(16)10-15(2,3)11-14(12)17/h7,9,13H,4-6,8,10-11,16H2,1-3H3. The fraction of sp³-hybridized carbons (Fsp3) is 0.733. The lowest BCUT2D eigenvalue weighted by Gasteiger charge is -2.34. The van der Waals surface area contributed by atoms with Crippen LogP contribution >= 0.6 is 0 Å². The van der Waals surface area contributed by atoms with Crippen molar-refractivity contribution < 1.29 is 0 Å². The number of unbranched alkanes of at least 4 members (excludes halogenated alkanes) is 2. The van der Waals surface area contributed by atoms with Gasteiger partial charge in [0.2, 0.25) is 0 Å². The number of rotatable bonds is 4. The third-order valence-electron chi connectivity index (χ3n) is 3.93. The Morgan fingerprint density at radius 2 is 2.18 bits per heavy atom. The van der Waals surface area contributed by atoms with Crippen LogP contribution in [0.3, 0.4) is 0 Å². The molecule has 0 radical (unpaired) electrons. The van der Waals surface area contributed by atoms with Gasteiger partial charge in [-0.05, 0) is 36.3 Å². The molecule has 1 aromatic heterocycles. The van der Waals surface area contributed by atoms with Gasteiger partial charge in [-0.1, -0.05) is 33.6 Å². The number of hydrogen-bond donors (Lipinski definition) is 1. The van der Waals surface area contributed by atoms with Crippen LogP contribution in [0.25, 0.3) is 0 Å². The smallest absolute Gasteiger partial charge is 0.0318 e.